The molecule has 7 heteroatoms. The molecule has 0 unspecified atom stereocenters. The van der Waals surface area contributed by atoms with Crippen molar-refractivity contribution < 1.29 is 0 Å². The minimum absolute atomic E-state index is 0. The van der Waals surface area contributed by atoms with Crippen molar-refractivity contribution in [1.29, 1.82) is 0 Å². The molecule has 6 nitrogen and oxygen atoms in total. The van der Waals surface area contributed by atoms with Crippen LogP contribution in [-0.2, 0) is 13.1 Å². The van der Waals surface area contributed by atoms with E-state index in [2.05, 4.69) is 70.1 Å². The van der Waals surface area contributed by atoms with E-state index in [4.69, 9.17) is 4.99 Å². The number of imidazole rings is 1. The van der Waals surface area contributed by atoms with Gasteiger partial charge < -0.3 is 20.1 Å². The van der Waals surface area contributed by atoms with Crippen LogP contribution in [0.25, 0.3) is 0 Å². The van der Waals surface area contributed by atoms with Gasteiger partial charge in [-0.25, -0.2) is 9.98 Å². The highest BCUT2D eigenvalue weighted by atomic mass is 127. The van der Waals surface area contributed by atoms with Crippen LogP contribution in [0.4, 0.5) is 0 Å². The van der Waals surface area contributed by atoms with Crippen molar-refractivity contribution in [2.75, 3.05) is 19.6 Å². The van der Waals surface area contributed by atoms with Crippen LogP contribution in [0.5, 0.6) is 0 Å². The van der Waals surface area contributed by atoms with Crippen LogP contribution >= 0.6 is 24.0 Å². The van der Waals surface area contributed by atoms with Crippen LogP contribution < -0.4 is 10.6 Å². The first-order valence-electron chi connectivity index (χ1n) is 10.5. The van der Waals surface area contributed by atoms with Crippen molar-refractivity contribution in [2.24, 2.45) is 4.99 Å². The lowest BCUT2D eigenvalue weighted by molar-refractivity contribution is 0.167. The molecule has 1 aliphatic heterocycles. The van der Waals surface area contributed by atoms with Crippen molar-refractivity contribution in [3.8, 4) is 0 Å². The number of aliphatic imine (C=N–C) groups is 1. The number of aromatic nitrogens is 2. The van der Waals surface area contributed by atoms with Crippen molar-refractivity contribution >= 4 is 29.9 Å². The maximum absolute atomic E-state index is 4.80. The van der Waals surface area contributed by atoms with Crippen LogP contribution in [0.2, 0.25) is 0 Å². The number of likely N-dealkylation sites (tertiary alicyclic amines) is 1. The molecule has 1 saturated heterocycles. The van der Waals surface area contributed by atoms with Gasteiger partial charge in [0.1, 0.15) is 12.4 Å². The van der Waals surface area contributed by atoms with Crippen molar-refractivity contribution in [3.63, 3.8) is 0 Å². The van der Waals surface area contributed by atoms with Gasteiger partial charge in [-0.15, -0.1) is 24.0 Å². The summed E-state index contributed by atoms with van der Waals surface area (Å²) < 4.78 is 2.17. The van der Waals surface area contributed by atoms with Gasteiger partial charge in [0.05, 0.1) is 0 Å². The zero-order chi connectivity index (χ0) is 19.8. The highest BCUT2D eigenvalue weighted by Crippen LogP contribution is 2.13. The molecule has 0 amide bonds. The molecule has 0 saturated carbocycles. The standard InChI is InChI=1S/C22H34N6.HI/c1-4-23-22(26-20-10-13-27(14-11-20)18(2)3)25-16-21-24-12-15-28(21)17-19-8-6-5-7-9-19;/h5-9,12,15,18,20H,4,10-11,13-14,16-17H2,1-3H3,(H2,23,25,26);1H. The molecule has 160 valence electrons. The number of hydrogen-bond donors (Lipinski definition) is 2. The van der Waals surface area contributed by atoms with E-state index in [0.717, 1.165) is 50.8 Å². The Kier molecular flexibility index (Phi) is 9.93. The molecule has 0 spiro atoms. The van der Waals surface area contributed by atoms with Crippen molar-refractivity contribution in [1.82, 2.24) is 25.1 Å². The lowest BCUT2D eigenvalue weighted by atomic mass is 10.0. The molecule has 2 heterocycles. The highest BCUT2D eigenvalue weighted by molar-refractivity contribution is 14.0. The van der Waals surface area contributed by atoms with E-state index in [-0.39, 0.29) is 24.0 Å². The number of rotatable bonds is 7. The van der Waals surface area contributed by atoms with E-state index >= 15 is 0 Å². The zero-order valence-electron chi connectivity index (χ0n) is 17.8. The molecule has 1 aliphatic rings. The maximum Gasteiger partial charge on any atom is 0.191 e. The smallest absolute Gasteiger partial charge is 0.191 e. The van der Waals surface area contributed by atoms with Gasteiger partial charge >= 0.3 is 0 Å². The summed E-state index contributed by atoms with van der Waals surface area (Å²) in [6.45, 7) is 11.2. The monoisotopic (exact) mass is 510 g/mol. The second kappa shape index (κ2) is 12.2. The van der Waals surface area contributed by atoms with E-state index in [1.807, 2.05) is 18.5 Å². The van der Waals surface area contributed by atoms with Crippen LogP contribution in [0.3, 0.4) is 0 Å². The summed E-state index contributed by atoms with van der Waals surface area (Å²) in [5.41, 5.74) is 1.27. The molecule has 2 aromatic rings. The zero-order valence-corrected chi connectivity index (χ0v) is 20.2. The Morgan fingerprint density at radius 3 is 2.59 bits per heavy atom. The van der Waals surface area contributed by atoms with Crippen LogP contribution in [-0.4, -0.2) is 52.1 Å². The second-order valence-corrected chi connectivity index (χ2v) is 7.70. The van der Waals surface area contributed by atoms with Crippen molar-refractivity contribution in [2.45, 2.75) is 58.8 Å². The first-order chi connectivity index (χ1) is 13.7. The van der Waals surface area contributed by atoms with Crippen LogP contribution in [0.15, 0.2) is 47.7 Å². The number of nitrogens with zero attached hydrogens (tertiary/aromatic N) is 4. The summed E-state index contributed by atoms with van der Waals surface area (Å²) in [7, 11) is 0. The van der Waals surface area contributed by atoms with E-state index < -0.39 is 0 Å². The first kappa shape index (κ1) is 23.7. The molecule has 3 rings (SSSR count). The number of guanidine groups is 1. The molecule has 0 bridgehead atoms. The number of piperidine rings is 1. The third-order valence-corrected chi connectivity index (χ3v) is 5.32. The fourth-order valence-electron chi connectivity index (χ4n) is 3.64. The van der Waals surface area contributed by atoms with Crippen molar-refractivity contribution in [3.05, 3.63) is 54.1 Å². The van der Waals surface area contributed by atoms with Gasteiger partial charge in [-0.3, -0.25) is 0 Å². The molecule has 29 heavy (non-hydrogen) atoms. The summed E-state index contributed by atoms with van der Waals surface area (Å²) in [5, 5.41) is 7.01. The van der Waals surface area contributed by atoms with E-state index in [0.29, 0.717) is 18.6 Å². The van der Waals surface area contributed by atoms with E-state index in [1.165, 1.54) is 5.56 Å². The lowest BCUT2D eigenvalue weighted by Crippen LogP contribution is -2.49. The Labute approximate surface area is 192 Å². The Balaban J connectivity index is 0.00000300. The maximum atomic E-state index is 4.80. The predicted octanol–water partition coefficient (Wildman–Crippen LogP) is 3.48. The normalized spacial score (nSPS) is 15.9. The topological polar surface area (TPSA) is 57.5 Å². The largest absolute Gasteiger partial charge is 0.357 e. The number of nitrogens with one attached hydrogen (secondary N) is 2. The summed E-state index contributed by atoms with van der Waals surface area (Å²) in [6, 6.07) is 11.6. The van der Waals surface area contributed by atoms with Crippen LogP contribution in [0, 0.1) is 0 Å². The SMILES string of the molecule is CCNC(=NCc1nccn1Cc1ccccc1)NC1CCN(C(C)C)CC1.I. The summed E-state index contributed by atoms with van der Waals surface area (Å²) >= 11 is 0. The lowest BCUT2D eigenvalue weighted by Gasteiger charge is -2.35. The third kappa shape index (κ3) is 7.29. The number of halogens is 1. The molecule has 0 atom stereocenters. The van der Waals surface area contributed by atoms with Gasteiger partial charge in [-0.2, -0.15) is 0 Å². The fraction of sp³-hybridized carbons (Fsp3) is 0.545. The third-order valence-electron chi connectivity index (χ3n) is 5.32. The Morgan fingerprint density at radius 1 is 1.21 bits per heavy atom. The molecule has 0 aliphatic carbocycles. The number of hydrogen-bond acceptors (Lipinski definition) is 3. The molecule has 0 radical (unpaired) electrons. The van der Waals surface area contributed by atoms with Gasteiger partial charge in [-0.1, -0.05) is 30.3 Å². The molecule has 1 aromatic heterocycles. The van der Waals surface area contributed by atoms with Gasteiger partial charge in [0.2, 0.25) is 0 Å². The average Bonchev–Trinajstić information content (AvgIpc) is 3.14. The Hall–Kier alpha value is -1.61. The van der Waals surface area contributed by atoms with Gasteiger partial charge in [0.15, 0.2) is 5.96 Å². The fourth-order valence-corrected chi connectivity index (χ4v) is 3.64. The van der Waals surface area contributed by atoms with Gasteiger partial charge in [0, 0.05) is 50.7 Å². The molecule has 1 aromatic carbocycles. The molecule has 2 N–H and O–H groups in total. The van der Waals surface area contributed by atoms with E-state index in [1.54, 1.807) is 0 Å². The Morgan fingerprint density at radius 2 is 1.93 bits per heavy atom. The van der Waals surface area contributed by atoms with Gasteiger partial charge in [-0.05, 0) is 39.2 Å². The Bertz CT molecular complexity index is 735. The first-order valence-corrected chi connectivity index (χ1v) is 10.5. The summed E-state index contributed by atoms with van der Waals surface area (Å²) in [6.07, 6.45) is 6.20. The predicted molar refractivity (Wildman–Crippen MR) is 131 cm³/mol. The number of benzene rings is 1. The highest BCUT2D eigenvalue weighted by Gasteiger charge is 2.21. The minimum atomic E-state index is 0. The second-order valence-electron chi connectivity index (χ2n) is 7.70. The quantitative estimate of drug-likeness (QED) is 0.340. The van der Waals surface area contributed by atoms with Crippen LogP contribution in [0.1, 0.15) is 45.0 Å². The minimum Gasteiger partial charge on any atom is -0.357 e. The molecule has 1 fully saturated rings. The van der Waals surface area contributed by atoms with Gasteiger partial charge in [0.25, 0.3) is 0 Å². The summed E-state index contributed by atoms with van der Waals surface area (Å²) in [5.74, 6) is 1.87. The molecular weight excluding hydrogens is 475 g/mol. The summed E-state index contributed by atoms with van der Waals surface area (Å²) in [4.78, 5) is 11.9. The van der Waals surface area contributed by atoms with E-state index in [9.17, 15) is 0 Å². The average molecular weight is 510 g/mol. The molecular formula is C22H35IN6.